The maximum atomic E-state index is 11.8. The monoisotopic (exact) mass is 307 g/mol. The Labute approximate surface area is 131 Å². The van der Waals surface area contributed by atoms with E-state index >= 15 is 0 Å². The van der Waals surface area contributed by atoms with E-state index < -0.39 is 17.7 Å². The van der Waals surface area contributed by atoms with Gasteiger partial charge in [-0.15, -0.1) is 0 Å². The summed E-state index contributed by atoms with van der Waals surface area (Å²) in [6.45, 7) is 5.56. The number of nitrogens with zero attached hydrogens (tertiary/aromatic N) is 1. The summed E-state index contributed by atoms with van der Waals surface area (Å²) < 4.78 is 5.24. The lowest BCUT2D eigenvalue weighted by Gasteiger charge is -2.23. The molecule has 0 unspecified atom stereocenters. The van der Waals surface area contributed by atoms with Gasteiger partial charge in [-0.3, -0.25) is 9.78 Å². The highest BCUT2D eigenvalue weighted by atomic mass is 16.6. The molecule has 6 nitrogen and oxygen atoms in total. The molecule has 1 atom stereocenters. The average Bonchev–Trinajstić information content (AvgIpc) is 2.44. The van der Waals surface area contributed by atoms with Gasteiger partial charge in [0.2, 0.25) is 0 Å². The van der Waals surface area contributed by atoms with Crippen LogP contribution in [0.15, 0.2) is 24.5 Å². The third-order valence-corrected chi connectivity index (χ3v) is 2.92. The summed E-state index contributed by atoms with van der Waals surface area (Å²) in [6, 6.07) is 3.86. The lowest BCUT2D eigenvalue weighted by molar-refractivity contribution is -0.129. The van der Waals surface area contributed by atoms with E-state index in [0.29, 0.717) is 6.42 Å². The van der Waals surface area contributed by atoms with Crippen LogP contribution in [0.5, 0.6) is 0 Å². The number of likely N-dealkylation sites (N-methyl/N-ethyl adjacent to an activating group) is 1. The second-order valence-electron chi connectivity index (χ2n) is 6.14. The van der Waals surface area contributed by atoms with Gasteiger partial charge < -0.3 is 15.4 Å². The van der Waals surface area contributed by atoms with Gasteiger partial charge in [-0.1, -0.05) is 6.07 Å². The molecular weight excluding hydrogens is 282 g/mol. The highest BCUT2D eigenvalue weighted by Crippen LogP contribution is 2.09. The number of carbonyl (C=O) groups excluding carboxylic acids is 2. The van der Waals surface area contributed by atoms with Gasteiger partial charge in [0.25, 0.3) is 5.91 Å². The molecule has 1 aromatic rings. The maximum absolute atomic E-state index is 11.8. The van der Waals surface area contributed by atoms with Gasteiger partial charge in [0.15, 0.2) is 6.10 Å². The molecular formula is C16H25N3O3. The van der Waals surface area contributed by atoms with Crippen LogP contribution in [-0.2, 0) is 16.0 Å². The molecule has 0 aliphatic heterocycles. The molecule has 1 aromatic heterocycles. The fourth-order valence-corrected chi connectivity index (χ4v) is 1.91. The molecule has 0 aliphatic carbocycles. The highest BCUT2D eigenvalue weighted by molar-refractivity contribution is 5.83. The molecule has 1 heterocycles. The Morgan fingerprint density at radius 2 is 2.09 bits per heavy atom. The number of hydrogen-bond acceptors (Lipinski definition) is 4. The van der Waals surface area contributed by atoms with Crippen molar-refractivity contribution in [3.05, 3.63) is 30.1 Å². The smallest absolute Gasteiger partial charge is 0.408 e. The van der Waals surface area contributed by atoms with Gasteiger partial charge >= 0.3 is 6.09 Å². The van der Waals surface area contributed by atoms with Crippen molar-refractivity contribution in [3.8, 4) is 0 Å². The van der Waals surface area contributed by atoms with Crippen molar-refractivity contribution in [2.45, 2.75) is 51.7 Å². The molecule has 0 spiro atoms. The van der Waals surface area contributed by atoms with E-state index in [1.54, 1.807) is 12.4 Å². The third-order valence-electron chi connectivity index (χ3n) is 2.92. The standard InChI is InChI=1S/C16H25N3O3/c1-16(2,3)19-15(21)22-13(14(20)17-4)9-5-7-12-8-6-10-18-11-12/h6,8,10-11,13H,5,7,9H2,1-4H3,(H,17,20)(H,19,21)/t13-/m0/s1. The largest absolute Gasteiger partial charge is 0.436 e. The Kier molecular flexibility index (Phi) is 6.82. The summed E-state index contributed by atoms with van der Waals surface area (Å²) in [5, 5.41) is 5.21. The minimum atomic E-state index is -0.788. The van der Waals surface area contributed by atoms with Crippen LogP contribution in [-0.4, -0.2) is 35.7 Å². The molecule has 2 N–H and O–H groups in total. The summed E-state index contributed by atoms with van der Waals surface area (Å²) in [4.78, 5) is 27.7. The van der Waals surface area contributed by atoms with Crippen molar-refractivity contribution in [1.29, 1.82) is 0 Å². The van der Waals surface area contributed by atoms with Gasteiger partial charge in [-0.05, 0) is 51.7 Å². The van der Waals surface area contributed by atoms with Crippen LogP contribution in [0.3, 0.4) is 0 Å². The average molecular weight is 307 g/mol. The number of ether oxygens (including phenoxy) is 1. The van der Waals surface area contributed by atoms with Crippen LogP contribution in [0.25, 0.3) is 0 Å². The predicted molar refractivity (Wildman–Crippen MR) is 84.4 cm³/mol. The Hall–Kier alpha value is -2.11. The molecule has 0 radical (unpaired) electrons. The SMILES string of the molecule is CNC(=O)[C@H](CCCc1cccnc1)OC(=O)NC(C)(C)C. The molecule has 0 saturated heterocycles. The predicted octanol–water partition coefficient (Wildman–Crippen LogP) is 2.04. The Morgan fingerprint density at radius 3 is 2.64 bits per heavy atom. The topological polar surface area (TPSA) is 80.3 Å². The first-order chi connectivity index (χ1) is 10.3. The van der Waals surface area contributed by atoms with Crippen molar-refractivity contribution in [1.82, 2.24) is 15.6 Å². The number of pyridine rings is 1. The fraction of sp³-hybridized carbons (Fsp3) is 0.562. The number of rotatable bonds is 6. The fourth-order valence-electron chi connectivity index (χ4n) is 1.91. The van der Waals surface area contributed by atoms with Gasteiger partial charge in [0, 0.05) is 25.0 Å². The first-order valence-electron chi connectivity index (χ1n) is 7.41. The van der Waals surface area contributed by atoms with E-state index in [1.165, 1.54) is 7.05 Å². The number of alkyl carbamates (subject to hydrolysis) is 1. The molecule has 22 heavy (non-hydrogen) atoms. The zero-order chi connectivity index (χ0) is 16.6. The molecule has 0 saturated carbocycles. The van der Waals surface area contributed by atoms with Gasteiger partial charge in [-0.25, -0.2) is 4.79 Å². The summed E-state index contributed by atoms with van der Waals surface area (Å²) in [5.41, 5.74) is 0.692. The van der Waals surface area contributed by atoms with E-state index in [-0.39, 0.29) is 5.91 Å². The number of nitrogens with one attached hydrogen (secondary N) is 2. The Bertz CT molecular complexity index is 483. The molecule has 6 heteroatoms. The zero-order valence-corrected chi connectivity index (χ0v) is 13.7. The molecule has 0 fully saturated rings. The van der Waals surface area contributed by atoms with E-state index in [0.717, 1.165) is 18.4 Å². The quantitative estimate of drug-likeness (QED) is 0.843. The highest BCUT2D eigenvalue weighted by Gasteiger charge is 2.23. The lowest BCUT2D eigenvalue weighted by atomic mass is 10.1. The van der Waals surface area contributed by atoms with Crippen molar-refractivity contribution < 1.29 is 14.3 Å². The Balaban J connectivity index is 2.50. The van der Waals surface area contributed by atoms with Crippen LogP contribution in [0, 0.1) is 0 Å². The second-order valence-corrected chi connectivity index (χ2v) is 6.14. The lowest BCUT2D eigenvalue weighted by Crippen LogP contribution is -2.45. The van der Waals surface area contributed by atoms with Crippen LogP contribution in [0.2, 0.25) is 0 Å². The number of aryl methyl sites for hydroxylation is 1. The van der Waals surface area contributed by atoms with Gasteiger partial charge in [0.1, 0.15) is 0 Å². The first kappa shape index (κ1) is 17.9. The van der Waals surface area contributed by atoms with E-state index in [1.807, 2.05) is 32.9 Å². The minimum absolute atomic E-state index is 0.296. The maximum Gasteiger partial charge on any atom is 0.408 e. The molecule has 2 amide bonds. The van der Waals surface area contributed by atoms with Crippen LogP contribution >= 0.6 is 0 Å². The van der Waals surface area contributed by atoms with E-state index in [4.69, 9.17) is 4.74 Å². The second kappa shape index (κ2) is 8.36. The summed E-state index contributed by atoms with van der Waals surface area (Å²) in [7, 11) is 1.53. The summed E-state index contributed by atoms with van der Waals surface area (Å²) in [6.07, 6.45) is 4.12. The van der Waals surface area contributed by atoms with Gasteiger partial charge in [0.05, 0.1) is 0 Å². The van der Waals surface area contributed by atoms with Crippen molar-refractivity contribution in [2.75, 3.05) is 7.05 Å². The summed E-state index contributed by atoms with van der Waals surface area (Å²) >= 11 is 0. The molecule has 0 bridgehead atoms. The zero-order valence-electron chi connectivity index (χ0n) is 13.7. The first-order valence-corrected chi connectivity index (χ1v) is 7.41. The van der Waals surface area contributed by atoms with Crippen LogP contribution in [0.4, 0.5) is 4.79 Å². The van der Waals surface area contributed by atoms with E-state index in [2.05, 4.69) is 15.6 Å². The number of aromatic nitrogens is 1. The molecule has 0 aliphatic rings. The Morgan fingerprint density at radius 1 is 1.36 bits per heavy atom. The molecule has 1 rings (SSSR count). The minimum Gasteiger partial charge on any atom is -0.436 e. The van der Waals surface area contributed by atoms with Gasteiger partial charge in [-0.2, -0.15) is 0 Å². The third kappa shape index (κ3) is 7.06. The number of amides is 2. The normalized spacial score (nSPS) is 12.4. The molecule has 122 valence electrons. The van der Waals surface area contributed by atoms with Crippen molar-refractivity contribution in [3.63, 3.8) is 0 Å². The van der Waals surface area contributed by atoms with Crippen molar-refractivity contribution in [2.24, 2.45) is 0 Å². The molecule has 0 aromatic carbocycles. The van der Waals surface area contributed by atoms with Crippen LogP contribution in [0.1, 0.15) is 39.2 Å². The van der Waals surface area contributed by atoms with E-state index in [9.17, 15) is 9.59 Å². The summed E-state index contributed by atoms with van der Waals surface area (Å²) in [5.74, 6) is -0.296. The number of carbonyl (C=O) groups is 2. The number of hydrogen-bond donors (Lipinski definition) is 2. The van der Waals surface area contributed by atoms with Crippen molar-refractivity contribution >= 4 is 12.0 Å². The van der Waals surface area contributed by atoms with Crippen LogP contribution < -0.4 is 10.6 Å².